The summed E-state index contributed by atoms with van der Waals surface area (Å²) in [5, 5.41) is 2.93. The van der Waals surface area contributed by atoms with Crippen molar-refractivity contribution in [2.24, 2.45) is 0 Å². The van der Waals surface area contributed by atoms with Crippen molar-refractivity contribution < 1.29 is 13.9 Å². The molecular weight excluding hydrogens is 357 g/mol. The zero-order chi connectivity index (χ0) is 19.3. The summed E-state index contributed by atoms with van der Waals surface area (Å²) in [6.07, 6.45) is 5.36. The zero-order valence-electron chi connectivity index (χ0n) is 15.5. The van der Waals surface area contributed by atoms with E-state index < -0.39 is 0 Å². The molecule has 4 rings (SSSR count). The van der Waals surface area contributed by atoms with Crippen molar-refractivity contribution in [2.75, 3.05) is 0 Å². The molecule has 1 amide bonds. The third-order valence-corrected chi connectivity index (χ3v) is 4.83. The van der Waals surface area contributed by atoms with Gasteiger partial charge in [-0.3, -0.25) is 4.79 Å². The van der Waals surface area contributed by atoms with E-state index in [9.17, 15) is 9.18 Å². The summed E-state index contributed by atoms with van der Waals surface area (Å²) >= 11 is 0. The summed E-state index contributed by atoms with van der Waals surface area (Å²) in [7, 11) is 0. The Morgan fingerprint density at radius 3 is 2.79 bits per heavy atom. The summed E-state index contributed by atoms with van der Waals surface area (Å²) in [5.41, 5.74) is 2.17. The van der Waals surface area contributed by atoms with E-state index in [1.165, 1.54) is 25.0 Å². The minimum absolute atomic E-state index is 0.208. The summed E-state index contributed by atoms with van der Waals surface area (Å²) in [6.45, 7) is 1.64. The molecule has 5 nitrogen and oxygen atoms in total. The molecule has 0 radical (unpaired) electrons. The van der Waals surface area contributed by atoms with Gasteiger partial charge in [0, 0.05) is 19.2 Å². The lowest BCUT2D eigenvalue weighted by atomic mass is 10.2. The van der Waals surface area contributed by atoms with Crippen LogP contribution in [0.15, 0.2) is 54.7 Å². The molecule has 0 atom stereocenters. The quantitative estimate of drug-likeness (QED) is 0.707. The van der Waals surface area contributed by atoms with Crippen LogP contribution in [-0.2, 0) is 26.1 Å². The third-order valence-electron chi connectivity index (χ3n) is 4.83. The molecule has 1 aliphatic rings. The van der Waals surface area contributed by atoms with Crippen LogP contribution in [0.3, 0.4) is 0 Å². The number of nitrogens with zero attached hydrogens (tertiary/aromatic N) is 2. The number of para-hydroxylation sites is 1. The van der Waals surface area contributed by atoms with Crippen molar-refractivity contribution in [3.05, 3.63) is 83.2 Å². The SMILES string of the molecule is O=C(NCc1cn2c(n1)CCCC2)c1ccccc1OCc1ccc(F)cc1. The molecule has 144 valence electrons. The molecule has 2 aromatic carbocycles. The minimum Gasteiger partial charge on any atom is -0.488 e. The second kappa shape index (κ2) is 8.25. The van der Waals surface area contributed by atoms with Crippen LogP contribution in [0.25, 0.3) is 0 Å². The monoisotopic (exact) mass is 379 g/mol. The predicted octanol–water partition coefficient (Wildman–Crippen LogP) is 3.87. The van der Waals surface area contributed by atoms with Gasteiger partial charge in [0.05, 0.1) is 17.8 Å². The van der Waals surface area contributed by atoms with Gasteiger partial charge in [0.15, 0.2) is 0 Å². The fourth-order valence-corrected chi connectivity index (χ4v) is 3.34. The summed E-state index contributed by atoms with van der Waals surface area (Å²) in [5.74, 6) is 1.09. The van der Waals surface area contributed by atoms with Crippen molar-refractivity contribution in [3.8, 4) is 5.75 Å². The van der Waals surface area contributed by atoms with Crippen LogP contribution >= 0.6 is 0 Å². The molecule has 0 fully saturated rings. The maximum atomic E-state index is 13.0. The van der Waals surface area contributed by atoms with Gasteiger partial charge in [-0.05, 0) is 42.7 Å². The van der Waals surface area contributed by atoms with E-state index >= 15 is 0 Å². The first kappa shape index (κ1) is 18.2. The first-order chi connectivity index (χ1) is 13.7. The molecule has 2 heterocycles. The number of imidazole rings is 1. The van der Waals surface area contributed by atoms with Crippen LogP contribution < -0.4 is 10.1 Å². The first-order valence-electron chi connectivity index (χ1n) is 9.48. The number of carbonyl (C=O) groups is 1. The summed E-state index contributed by atoms with van der Waals surface area (Å²) < 4.78 is 21.0. The number of aryl methyl sites for hydroxylation is 2. The van der Waals surface area contributed by atoms with Gasteiger partial charge < -0.3 is 14.6 Å². The van der Waals surface area contributed by atoms with Gasteiger partial charge in [0.25, 0.3) is 5.91 Å². The number of benzene rings is 2. The third kappa shape index (κ3) is 4.22. The molecule has 0 unspecified atom stereocenters. The highest BCUT2D eigenvalue weighted by Crippen LogP contribution is 2.20. The van der Waals surface area contributed by atoms with Gasteiger partial charge in [-0.15, -0.1) is 0 Å². The molecule has 0 spiro atoms. The average molecular weight is 379 g/mol. The van der Waals surface area contributed by atoms with E-state index in [1.807, 2.05) is 12.3 Å². The summed E-state index contributed by atoms with van der Waals surface area (Å²) in [4.78, 5) is 17.3. The molecule has 0 bridgehead atoms. The maximum Gasteiger partial charge on any atom is 0.255 e. The standard InChI is InChI=1S/C22H22FN3O2/c23-17-10-8-16(9-11-17)15-28-20-6-2-1-5-19(20)22(27)24-13-18-14-26-12-4-3-7-21(26)25-18/h1-2,5-6,8-11,14H,3-4,7,12-13,15H2,(H,24,27). The zero-order valence-corrected chi connectivity index (χ0v) is 15.5. The molecular formula is C22H22FN3O2. The van der Waals surface area contributed by atoms with Gasteiger partial charge in [0.2, 0.25) is 0 Å². The van der Waals surface area contributed by atoms with Crippen molar-refractivity contribution >= 4 is 5.91 Å². The Kier molecular flexibility index (Phi) is 5.37. The van der Waals surface area contributed by atoms with Crippen molar-refractivity contribution in [1.82, 2.24) is 14.9 Å². The molecule has 28 heavy (non-hydrogen) atoms. The Hall–Kier alpha value is -3.15. The van der Waals surface area contributed by atoms with Crippen LogP contribution in [0.1, 0.15) is 40.3 Å². The molecule has 0 saturated heterocycles. The number of halogens is 1. The number of carbonyl (C=O) groups excluding carboxylic acids is 1. The van der Waals surface area contributed by atoms with Crippen LogP contribution in [0.4, 0.5) is 4.39 Å². The Labute approximate surface area is 163 Å². The smallest absolute Gasteiger partial charge is 0.255 e. The normalized spacial score (nSPS) is 13.0. The number of fused-ring (bicyclic) bond motifs is 1. The predicted molar refractivity (Wildman–Crippen MR) is 104 cm³/mol. The van der Waals surface area contributed by atoms with E-state index in [0.29, 0.717) is 17.9 Å². The number of hydrogen-bond acceptors (Lipinski definition) is 3. The fourth-order valence-electron chi connectivity index (χ4n) is 3.34. The Bertz CT molecular complexity index is 943. The van der Waals surface area contributed by atoms with Crippen molar-refractivity contribution in [2.45, 2.75) is 39.0 Å². The van der Waals surface area contributed by atoms with Gasteiger partial charge in [0.1, 0.15) is 24.0 Å². The number of rotatable bonds is 6. The second-order valence-corrected chi connectivity index (χ2v) is 6.89. The highest BCUT2D eigenvalue weighted by atomic mass is 19.1. The lowest BCUT2D eigenvalue weighted by Gasteiger charge is -2.11. The van der Waals surface area contributed by atoms with E-state index in [4.69, 9.17) is 4.74 Å². The van der Waals surface area contributed by atoms with E-state index in [2.05, 4.69) is 14.9 Å². The maximum absolute atomic E-state index is 13.0. The Balaban J connectivity index is 1.39. The second-order valence-electron chi connectivity index (χ2n) is 6.89. The lowest BCUT2D eigenvalue weighted by molar-refractivity contribution is 0.0946. The van der Waals surface area contributed by atoms with Gasteiger partial charge >= 0.3 is 0 Å². The fraction of sp³-hybridized carbons (Fsp3) is 0.273. The topological polar surface area (TPSA) is 56.2 Å². The number of hydrogen-bond donors (Lipinski definition) is 1. The van der Waals surface area contributed by atoms with Gasteiger partial charge in [-0.2, -0.15) is 0 Å². The van der Waals surface area contributed by atoms with Gasteiger partial charge in [-0.25, -0.2) is 9.37 Å². The van der Waals surface area contributed by atoms with Gasteiger partial charge in [-0.1, -0.05) is 24.3 Å². The molecule has 3 aromatic rings. The molecule has 6 heteroatoms. The van der Waals surface area contributed by atoms with E-state index in [0.717, 1.165) is 30.0 Å². The average Bonchev–Trinajstić information content (AvgIpc) is 3.15. The van der Waals surface area contributed by atoms with Crippen LogP contribution in [-0.4, -0.2) is 15.5 Å². The largest absolute Gasteiger partial charge is 0.488 e. The highest BCUT2D eigenvalue weighted by Gasteiger charge is 2.15. The van der Waals surface area contributed by atoms with E-state index in [1.54, 1.807) is 30.3 Å². The lowest BCUT2D eigenvalue weighted by Crippen LogP contribution is -2.23. The highest BCUT2D eigenvalue weighted by molar-refractivity contribution is 5.96. The Morgan fingerprint density at radius 2 is 1.96 bits per heavy atom. The van der Waals surface area contributed by atoms with Crippen molar-refractivity contribution in [1.29, 1.82) is 0 Å². The first-order valence-corrected chi connectivity index (χ1v) is 9.48. The van der Waals surface area contributed by atoms with Crippen molar-refractivity contribution in [3.63, 3.8) is 0 Å². The molecule has 0 aliphatic carbocycles. The number of ether oxygens (including phenoxy) is 1. The van der Waals surface area contributed by atoms with Crippen LogP contribution in [0.5, 0.6) is 5.75 Å². The van der Waals surface area contributed by atoms with Crippen LogP contribution in [0, 0.1) is 5.82 Å². The molecule has 1 N–H and O–H groups in total. The summed E-state index contributed by atoms with van der Waals surface area (Å²) in [6, 6.07) is 13.2. The Morgan fingerprint density at radius 1 is 1.14 bits per heavy atom. The number of nitrogens with one attached hydrogen (secondary N) is 1. The molecule has 1 aliphatic heterocycles. The molecule has 1 aromatic heterocycles. The van der Waals surface area contributed by atoms with E-state index in [-0.39, 0.29) is 18.3 Å². The number of amides is 1. The number of aromatic nitrogens is 2. The van der Waals surface area contributed by atoms with Crippen LogP contribution in [0.2, 0.25) is 0 Å². The molecule has 0 saturated carbocycles. The minimum atomic E-state index is -0.288.